The quantitative estimate of drug-likeness (QED) is 0.673. The highest BCUT2D eigenvalue weighted by Crippen LogP contribution is 2.29. The molecule has 0 bridgehead atoms. The highest BCUT2D eigenvalue weighted by Gasteiger charge is 2.10. The standard InChI is InChI=1S/C18H20N2S/c1-14(17-13-21-18-9-3-2-8-16(17)18)20-11-5-7-15-6-4-10-19-12-15/h2-4,6,8-10,12-14,20H,5,7,11H2,1H3. The fourth-order valence-corrected chi connectivity index (χ4v) is 3.66. The van der Waals surface area contributed by atoms with Gasteiger partial charge in [-0.05, 0) is 60.3 Å². The monoisotopic (exact) mass is 296 g/mol. The summed E-state index contributed by atoms with van der Waals surface area (Å²) < 4.78 is 1.37. The number of hydrogen-bond donors (Lipinski definition) is 1. The Labute approximate surface area is 129 Å². The van der Waals surface area contributed by atoms with Gasteiger partial charge in [0.2, 0.25) is 0 Å². The molecule has 0 amide bonds. The zero-order valence-corrected chi connectivity index (χ0v) is 13.1. The Morgan fingerprint density at radius 1 is 1.19 bits per heavy atom. The Balaban J connectivity index is 1.53. The highest BCUT2D eigenvalue weighted by molar-refractivity contribution is 7.17. The first kappa shape index (κ1) is 14.2. The zero-order valence-electron chi connectivity index (χ0n) is 12.3. The van der Waals surface area contributed by atoms with Crippen molar-refractivity contribution in [1.29, 1.82) is 0 Å². The van der Waals surface area contributed by atoms with Crippen LogP contribution >= 0.6 is 11.3 Å². The van der Waals surface area contributed by atoms with Gasteiger partial charge in [0.15, 0.2) is 0 Å². The van der Waals surface area contributed by atoms with E-state index in [0.717, 1.165) is 19.4 Å². The number of nitrogens with zero attached hydrogens (tertiary/aromatic N) is 1. The first-order chi connectivity index (χ1) is 10.3. The Morgan fingerprint density at radius 3 is 2.95 bits per heavy atom. The van der Waals surface area contributed by atoms with E-state index in [2.05, 4.69) is 52.9 Å². The van der Waals surface area contributed by atoms with Crippen LogP contribution in [-0.4, -0.2) is 11.5 Å². The smallest absolute Gasteiger partial charge is 0.0346 e. The molecule has 108 valence electrons. The fourth-order valence-electron chi connectivity index (χ4n) is 2.60. The lowest BCUT2D eigenvalue weighted by molar-refractivity contribution is 0.562. The third-order valence-corrected chi connectivity index (χ3v) is 4.77. The molecule has 2 heterocycles. The van der Waals surface area contributed by atoms with E-state index < -0.39 is 0 Å². The molecule has 1 N–H and O–H groups in total. The molecule has 0 aliphatic rings. The van der Waals surface area contributed by atoms with Gasteiger partial charge in [-0.3, -0.25) is 4.98 Å². The average molecular weight is 296 g/mol. The average Bonchev–Trinajstić information content (AvgIpc) is 2.96. The molecule has 3 heteroatoms. The summed E-state index contributed by atoms with van der Waals surface area (Å²) in [6, 6.07) is 13.2. The number of benzene rings is 1. The van der Waals surface area contributed by atoms with Gasteiger partial charge in [-0.25, -0.2) is 0 Å². The van der Waals surface area contributed by atoms with Gasteiger partial charge < -0.3 is 5.32 Å². The van der Waals surface area contributed by atoms with Crippen LogP contribution in [0, 0.1) is 0 Å². The molecule has 0 saturated carbocycles. The number of nitrogens with one attached hydrogen (secondary N) is 1. The van der Waals surface area contributed by atoms with E-state index >= 15 is 0 Å². The third kappa shape index (κ3) is 3.49. The first-order valence-corrected chi connectivity index (χ1v) is 8.31. The Hall–Kier alpha value is -1.71. The van der Waals surface area contributed by atoms with Crippen molar-refractivity contribution in [3.63, 3.8) is 0 Å². The van der Waals surface area contributed by atoms with E-state index in [1.54, 1.807) is 0 Å². The second-order valence-electron chi connectivity index (χ2n) is 5.33. The van der Waals surface area contributed by atoms with E-state index in [-0.39, 0.29) is 0 Å². The number of hydrogen-bond acceptors (Lipinski definition) is 3. The number of aromatic nitrogens is 1. The van der Waals surface area contributed by atoms with E-state index in [1.807, 2.05) is 29.8 Å². The van der Waals surface area contributed by atoms with Gasteiger partial charge in [-0.15, -0.1) is 11.3 Å². The Kier molecular flexibility index (Phi) is 4.63. The van der Waals surface area contributed by atoms with Crippen LogP contribution in [0.2, 0.25) is 0 Å². The van der Waals surface area contributed by atoms with Crippen LogP contribution in [0.15, 0.2) is 54.2 Å². The fraction of sp³-hybridized carbons (Fsp3) is 0.278. The molecule has 0 radical (unpaired) electrons. The lowest BCUT2D eigenvalue weighted by Gasteiger charge is -2.13. The van der Waals surface area contributed by atoms with Crippen molar-refractivity contribution in [2.45, 2.75) is 25.8 Å². The summed E-state index contributed by atoms with van der Waals surface area (Å²) in [4.78, 5) is 4.15. The van der Waals surface area contributed by atoms with Gasteiger partial charge in [-0.1, -0.05) is 24.3 Å². The summed E-state index contributed by atoms with van der Waals surface area (Å²) in [5.74, 6) is 0. The lowest BCUT2D eigenvalue weighted by Crippen LogP contribution is -2.20. The van der Waals surface area contributed by atoms with Crippen molar-refractivity contribution in [2.75, 3.05) is 6.54 Å². The minimum atomic E-state index is 0.398. The topological polar surface area (TPSA) is 24.9 Å². The Morgan fingerprint density at radius 2 is 2.10 bits per heavy atom. The molecule has 2 nitrogen and oxygen atoms in total. The number of thiophene rings is 1. The second-order valence-corrected chi connectivity index (χ2v) is 6.24. The second kappa shape index (κ2) is 6.83. The summed E-state index contributed by atoms with van der Waals surface area (Å²) in [5.41, 5.74) is 2.73. The molecule has 0 spiro atoms. The number of pyridine rings is 1. The van der Waals surface area contributed by atoms with Crippen molar-refractivity contribution in [3.05, 3.63) is 65.3 Å². The van der Waals surface area contributed by atoms with Crippen molar-refractivity contribution in [3.8, 4) is 0 Å². The molecular formula is C18H20N2S. The summed E-state index contributed by atoms with van der Waals surface area (Å²) in [7, 11) is 0. The summed E-state index contributed by atoms with van der Waals surface area (Å²) >= 11 is 1.83. The summed E-state index contributed by atoms with van der Waals surface area (Å²) in [6.45, 7) is 3.28. The predicted octanol–water partition coefficient (Wildman–Crippen LogP) is 4.58. The van der Waals surface area contributed by atoms with Gasteiger partial charge in [0.05, 0.1) is 0 Å². The molecule has 2 aromatic heterocycles. The molecule has 0 aliphatic heterocycles. The van der Waals surface area contributed by atoms with E-state index in [9.17, 15) is 0 Å². The minimum Gasteiger partial charge on any atom is -0.310 e. The van der Waals surface area contributed by atoms with Crippen molar-refractivity contribution >= 4 is 21.4 Å². The van der Waals surface area contributed by atoms with Gasteiger partial charge in [0.1, 0.15) is 0 Å². The van der Waals surface area contributed by atoms with Gasteiger partial charge >= 0.3 is 0 Å². The maximum atomic E-state index is 4.15. The van der Waals surface area contributed by atoms with E-state index in [1.165, 1.54) is 21.2 Å². The normalized spacial score (nSPS) is 12.6. The lowest BCUT2D eigenvalue weighted by atomic mass is 10.1. The van der Waals surface area contributed by atoms with Crippen molar-refractivity contribution in [2.24, 2.45) is 0 Å². The zero-order chi connectivity index (χ0) is 14.5. The molecule has 21 heavy (non-hydrogen) atoms. The molecule has 1 atom stereocenters. The largest absolute Gasteiger partial charge is 0.310 e. The van der Waals surface area contributed by atoms with Crippen LogP contribution in [0.1, 0.15) is 30.5 Å². The molecule has 3 aromatic rings. The molecule has 3 rings (SSSR count). The maximum Gasteiger partial charge on any atom is 0.0346 e. The Bertz CT molecular complexity index is 691. The van der Waals surface area contributed by atoms with Crippen LogP contribution < -0.4 is 5.32 Å². The molecule has 1 aromatic carbocycles. The summed E-state index contributed by atoms with van der Waals surface area (Å²) in [6.07, 6.45) is 6.00. The number of aryl methyl sites for hydroxylation is 1. The highest BCUT2D eigenvalue weighted by atomic mass is 32.1. The van der Waals surface area contributed by atoms with Crippen LogP contribution in [0.5, 0.6) is 0 Å². The van der Waals surface area contributed by atoms with Crippen LogP contribution in [0.3, 0.4) is 0 Å². The predicted molar refractivity (Wildman–Crippen MR) is 90.8 cm³/mol. The van der Waals surface area contributed by atoms with Gasteiger partial charge in [0, 0.05) is 23.1 Å². The van der Waals surface area contributed by atoms with Crippen LogP contribution in [0.25, 0.3) is 10.1 Å². The summed E-state index contributed by atoms with van der Waals surface area (Å²) in [5, 5.41) is 7.30. The molecule has 0 fully saturated rings. The number of fused-ring (bicyclic) bond motifs is 1. The van der Waals surface area contributed by atoms with Crippen LogP contribution in [0.4, 0.5) is 0 Å². The van der Waals surface area contributed by atoms with E-state index in [4.69, 9.17) is 0 Å². The van der Waals surface area contributed by atoms with Crippen molar-refractivity contribution < 1.29 is 0 Å². The first-order valence-electron chi connectivity index (χ1n) is 7.43. The van der Waals surface area contributed by atoms with Crippen molar-refractivity contribution in [1.82, 2.24) is 10.3 Å². The van der Waals surface area contributed by atoms with E-state index in [0.29, 0.717) is 6.04 Å². The van der Waals surface area contributed by atoms with Gasteiger partial charge in [0.25, 0.3) is 0 Å². The SMILES string of the molecule is CC(NCCCc1cccnc1)c1csc2ccccc12. The molecule has 1 unspecified atom stereocenters. The van der Waals surface area contributed by atoms with Crippen LogP contribution in [-0.2, 0) is 6.42 Å². The number of rotatable bonds is 6. The molecular weight excluding hydrogens is 276 g/mol. The molecule has 0 saturated heterocycles. The third-order valence-electron chi connectivity index (χ3n) is 3.79. The maximum absolute atomic E-state index is 4.15. The minimum absolute atomic E-state index is 0.398. The molecule has 0 aliphatic carbocycles. The van der Waals surface area contributed by atoms with Gasteiger partial charge in [-0.2, -0.15) is 0 Å².